The second-order valence-electron chi connectivity index (χ2n) is 7.18. The lowest BCUT2D eigenvalue weighted by molar-refractivity contribution is -0.118. The lowest BCUT2D eigenvalue weighted by atomic mass is 10.2. The minimum Gasteiger partial charge on any atom is -0.492 e. The topological polar surface area (TPSA) is 70.6 Å². The van der Waals surface area contributed by atoms with Crippen LogP contribution in [0.1, 0.15) is 32.1 Å². The molecule has 0 unspecified atom stereocenters. The van der Waals surface area contributed by atoms with E-state index >= 15 is 0 Å². The zero-order valence-corrected chi connectivity index (χ0v) is 16.1. The molecule has 148 valence electrons. The van der Waals surface area contributed by atoms with Crippen LogP contribution >= 0.6 is 0 Å². The van der Waals surface area contributed by atoms with Gasteiger partial charge in [-0.25, -0.2) is 9.37 Å². The Balaban J connectivity index is 1.72. The van der Waals surface area contributed by atoms with Gasteiger partial charge in [-0.3, -0.25) is 4.79 Å². The molecule has 1 amide bonds. The number of amides is 1. The van der Waals surface area contributed by atoms with Crippen LogP contribution in [0, 0.1) is 5.82 Å². The molecule has 8 heteroatoms. The van der Waals surface area contributed by atoms with Gasteiger partial charge in [0.25, 0.3) is 0 Å². The van der Waals surface area contributed by atoms with Gasteiger partial charge in [-0.05, 0) is 25.0 Å². The van der Waals surface area contributed by atoms with E-state index in [0.717, 1.165) is 18.7 Å². The van der Waals surface area contributed by atoms with Crippen LogP contribution in [0.15, 0.2) is 24.4 Å². The molecule has 2 aliphatic rings. The molecule has 0 atom stereocenters. The normalized spacial score (nSPS) is 17.5. The molecule has 1 aromatic carbocycles. The lowest BCUT2D eigenvalue weighted by Gasteiger charge is -2.30. The van der Waals surface area contributed by atoms with Crippen molar-refractivity contribution in [2.75, 3.05) is 35.8 Å². The van der Waals surface area contributed by atoms with Gasteiger partial charge in [-0.2, -0.15) is 4.98 Å². The molecule has 0 spiro atoms. The van der Waals surface area contributed by atoms with Crippen LogP contribution in [-0.4, -0.2) is 42.6 Å². The van der Waals surface area contributed by atoms with Crippen molar-refractivity contribution in [1.29, 1.82) is 0 Å². The third-order valence-electron chi connectivity index (χ3n) is 5.51. The summed E-state index contributed by atoms with van der Waals surface area (Å²) in [6.07, 6.45) is 6.68. The third kappa shape index (κ3) is 3.34. The first kappa shape index (κ1) is 18.5. The van der Waals surface area contributed by atoms with Gasteiger partial charge in [0.1, 0.15) is 5.69 Å². The number of nitrogens with zero attached hydrogens (tertiary/aromatic N) is 4. The summed E-state index contributed by atoms with van der Waals surface area (Å²) in [4.78, 5) is 25.3. The molecule has 1 fully saturated rings. The number of anilines is 4. The molecule has 1 aromatic heterocycles. The molecule has 4 rings (SSSR count). The number of benzene rings is 1. The van der Waals surface area contributed by atoms with E-state index in [9.17, 15) is 9.18 Å². The highest BCUT2D eigenvalue weighted by Gasteiger charge is 2.31. The molecule has 1 saturated carbocycles. The number of para-hydroxylation sites is 1. The molecule has 2 heterocycles. The van der Waals surface area contributed by atoms with Crippen molar-refractivity contribution in [3.8, 4) is 5.75 Å². The number of methoxy groups -OCH3 is 1. The summed E-state index contributed by atoms with van der Waals surface area (Å²) in [6.45, 7) is 0.639. The van der Waals surface area contributed by atoms with E-state index in [1.54, 1.807) is 30.3 Å². The summed E-state index contributed by atoms with van der Waals surface area (Å²) in [7, 11) is 3.18. The average Bonchev–Trinajstić information content (AvgIpc) is 3.19. The van der Waals surface area contributed by atoms with E-state index in [2.05, 4.69) is 15.2 Å². The number of rotatable bonds is 4. The first-order chi connectivity index (χ1) is 13.6. The van der Waals surface area contributed by atoms with Crippen LogP contribution in [0.2, 0.25) is 0 Å². The van der Waals surface area contributed by atoms with Gasteiger partial charge in [0.05, 0.1) is 19.0 Å². The smallest absolute Gasteiger partial charge is 0.229 e. The molecule has 0 radical (unpaired) electrons. The van der Waals surface area contributed by atoms with Crippen molar-refractivity contribution in [3.05, 3.63) is 30.2 Å². The predicted molar refractivity (Wildman–Crippen MR) is 106 cm³/mol. The molecule has 1 aliphatic heterocycles. The fraction of sp³-hybridized carbons (Fsp3) is 0.450. The number of ether oxygens (including phenoxy) is 1. The summed E-state index contributed by atoms with van der Waals surface area (Å²) < 4.78 is 19.1. The van der Waals surface area contributed by atoms with Crippen molar-refractivity contribution in [2.24, 2.45) is 0 Å². The number of aromatic nitrogens is 2. The molecular weight excluding hydrogens is 361 g/mol. The van der Waals surface area contributed by atoms with E-state index in [4.69, 9.17) is 9.72 Å². The maximum atomic E-state index is 14.0. The van der Waals surface area contributed by atoms with Gasteiger partial charge >= 0.3 is 0 Å². The highest BCUT2D eigenvalue weighted by Crippen LogP contribution is 2.37. The van der Waals surface area contributed by atoms with E-state index in [1.807, 2.05) is 0 Å². The summed E-state index contributed by atoms with van der Waals surface area (Å²) in [5.41, 5.74) is 1.15. The van der Waals surface area contributed by atoms with Gasteiger partial charge in [0.15, 0.2) is 17.4 Å². The number of halogens is 1. The number of hydrogen-bond donors (Lipinski definition) is 1. The SMILES string of the molecule is COc1c(F)cccc1Nc1ncc2c(n1)N(C1CCCC1)CCC(=O)N2C. The summed E-state index contributed by atoms with van der Waals surface area (Å²) >= 11 is 0. The standard InChI is InChI=1S/C20H24FN5O2/c1-25-16-12-22-20(23-15-9-5-8-14(21)18(15)28-2)24-19(16)26(11-10-17(25)27)13-6-3-4-7-13/h5,8-9,12-13H,3-4,6-7,10-11H2,1-2H3,(H,22,23,24). The maximum absolute atomic E-state index is 14.0. The third-order valence-corrected chi connectivity index (χ3v) is 5.51. The molecular formula is C20H24FN5O2. The van der Waals surface area contributed by atoms with E-state index < -0.39 is 5.82 Å². The Kier molecular flexibility index (Phi) is 5.02. The Labute approximate surface area is 163 Å². The Bertz CT molecular complexity index is 885. The highest BCUT2D eigenvalue weighted by molar-refractivity contribution is 5.97. The Morgan fingerprint density at radius 1 is 1.29 bits per heavy atom. The summed E-state index contributed by atoms with van der Waals surface area (Å²) in [6, 6.07) is 5.02. The predicted octanol–water partition coefficient (Wildman–Crippen LogP) is 3.48. The zero-order chi connectivity index (χ0) is 19.7. The van der Waals surface area contributed by atoms with Gasteiger partial charge in [-0.15, -0.1) is 0 Å². The minimum atomic E-state index is -0.458. The van der Waals surface area contributed by atoms with Crippen molar-refractivity contribution in [1.82, 2.24) is 9.97 Å². The molecule has 0 bridgehead atoms. The fourth-order valence-electron chi connectivity index (χ4n) is 4.01. The first-order valence-electron chi connectivity index (χ1n) is 9.58. The number of fused-ring (bicyclic) bond motifs is 1. The molecule has 7 nitrogen and oxygen atoms in total. The summed E-state index contributed by atoms with van der Waals surface area (Å²) in [5, 5.41) is 3.05. The van der Waals surface area contributed by atoms with Crippen LogP contribution in [-0.2, 0) is 4.79 Å². The number of hydrogen-bond acceptors (Lipinski definition) is 6. The van der Waals surface area contributed by atoms with Crippen LogP contribution in [0.3, 0.4) is 0 Å². The van der Waals surface area contributed by atoms with Crippen molar-refractivity contribution in [2.45, 2.75) is 38.1 Å². The first-order valence-corrected chi connectivity index (χ1v) is 9.58. The van der Waals surface area contributed by atoms with E-state index in [1.165, 1.54) is 26.0 Å². The Morgan fingerprint density at radius 2 is 2.07 bits per heavy atom. The van der Waals surface area contributed by atoms with E-state index in [-0.39, 0.29) is 11.7 Å². The monoisotopic (exact) mass is 385 g/mol. The number of carbonyl (C=O) groups is 1. The van der Waals surface area contributed by atoms with Gasteiger partial charge < -0.3 is 19.9 Å². The van der Waals surface area contributed by atoms with Crippen LogP contribution in [0.4, 0.5) is 27.5 Å². The number of carbonyl (C=O) groups excluding carboxylic acids is 1. The fourth-order valence-corrected chi connectivity index (χ4v) is 4.01. The van der Waals surface area contributed by atoms with Gasteiger partial charge in [0.2, 0.25) is 11.9 Å². The Hall–Kier alpha value is -2.90. The largest absolute Gasteiger partial charge is 0.492 e. The van der Waals surface area contributed by atoms with Gasteiger partial charge in [0, 0.05) is 26.1 Å². The van der Waals surface area contributed by atoms with Gasteiger partial charge in [-0.1, -0.05) is 18.9 Å². The molecule has 2 aromatic rings. The summed E-state index contributed by atoms with van der Waals surface area (Å²) in [5.74, 6) is 0.792. The molecule has 1 N–H and O–H groups in total. The van der Waals surface area contributed by atoms with Crippen LogP contribution in [0.25, 0.3) is 0 Å². The van der Waals surface area contributed by atoms with Crippen LogP contribution < -0.4 is 19.9 Å². The second-order valence-corrected chi connectivity index (χ2v) is 7.18. The van der Waals surface area contributed by atoms with Crippen LogP contribution in [0.5, 0.6) is 5.75 Å². The van der Waals surface area contributed by atoms with Crippen molar-refractivity contribution in [3.63, 3.8) is 0 Å². The van der Waals surface area contributed by atoms with Crippen molar-refractivity contribution >= 4 is 29.0 Å². The van der Waals surface area contributed by atoms with E-state index in [0.29, 0.717) is 36.3 Å². The molecule has 1 aliphatic carbocycles. The Morgan fingerprint density at radius 3 is 2.82 bits per heavy atom. The average molecular weight is 385 g/mol. The second kappa shape index (κ2) is 7.61. The highest BCUT2D eigenvalue weighted by atomic mass is 19.1. The van der Waals surface area contributed by atoms with Crippen molar-refractivity contribution < 1.29 is 13.9 Å². The zero-order valence-electron chi connectivity index (χ0n) is 16.1. The number of nitrogens with one attached hydrogen (secondary N) is 1. The molecule has 28 heavy (non-hydrogen) atoms. The molecule has 0 saturated heterocycles. The minimum absolute atomic E-state index is 0.0536. The lowest BCUT2D eigenvalue weighted by Crippen LogP contribution is -2.34. The quantitative estimate of drug-likeness (QED) is 0.869. The maximum Gasteiger partial charge on any atom is 0.229 e.